The second-order valence-corrected chi connectivity index (χ2v) is 8.12. The van der Waals surface area contributed by atoms with Crippen molar-refractivity contribution in [2.45, 2.75) is 29.0 Å². The average Bonchev–Trinajstić information content (AvgIpc) is 3.07. The lowest BCUT2D eigenvalue weighted by Gasteiger charge is -1.97. The summed E-state index contributed by atoms with van der Waals surface area (Å²) in [5, 5.41) is 20.7. The Morgan fingerprint density at radius 1 is 1.22 bits per heavy atom. The molecule has 0 spiro atoms. The van der Waals surface area contributed by atoms with E-state index in [1.807, 2.05) is 24.3 Å². The Labute approximate surface area is 149 Å². The SMILES string of the molecule is Brc1ccccc1-c1nnc(CSc2nnc(NC3CC3)s2)o1. The van der Waals surface area contributed by atoms with Crippen molar-refractivity contribution in [1.82, 2.24) is 20.4 Å². The van der Waals surface area contributed by atoms with E-state index < -0.39 is 0 Å². The minimum absolute atomic E-state index is 0.515. The van der Waals surface area contributed by atoms with Crippen molar-refractivity contribution in [2.24, 2.45) is 0 Å². The van der Waals surface area contributed by atoms with E-state index in [0.29, 0.717) is 23.6 Å². The van der Waals surface area contributed by atoms with Gasteiger partial charge < -0.3 is 9.73 Å². The van der Waals surface area contributed by atoms with E-state index in [-0.39, 0.29) is 0 Å². The smallest absolute Gasteiger partial charge is 0.248 e. The summed E-state index contributed by atoms with van der Waals surface area (Å²) in [4.78, 5) is 0. The molecule has 0 unspecified atom stereocenters. The van der Waals surface area contributed by atoms with Crippen LogP contribution in [-0.2, 0) is 5.75 Å². The quantitative estimate of drug-likeness (QED) is 0.610. The number of nitrogens with zero attached hydrogens (tertiary/aromatic N) is 4. The molecule has 1 saturated carbocycles. The van der Waals surface area contributed by atoms with Crippen molar-refractivity contribution in [3.63, 3.8) is 0 Å². The van der Waals surface area contributed by atoms with Gasteiger partial charge in [0, 0.05) is 10.5 Å². The monoisotopic (exact) mass is 409 g/mol. The summed E-state index contributed by atoms with van der Waals surface area (Å²) in [5.41, 5.74) is 0.892. The topological polar surface area (TPSA) is 76.7 Å². The first kappa shape index (κ1) is 15.1. The van der Waals surface area contributed by atoms with Crippen LogP contribution in [-0.4, -0.2) is 26.4 Å². The van der Waals surface area contributed by atoms with Crippen LogP contribution < -0.4 is 5.32 Å². The van der Waals surface area contributed by atoms with Gasteiger partial charge in [0.2, 0.25) is 16.9 Å². The van der Waals surface area contributed by atoms with E-state index in [2.05, 4.69) is 41.6 Å². The van der Waals surface area contributed by atoms with Gasteiger partial charge in [-0.3, -0.25) is 0 Å². The van der Waals surface area contributed by atoms with E-state index in [1.165, 1.54) is 12.8 Å². The molecule has 0 saturated heterocycles. The molecule has 0 aliphatic heterocycles. The summed E-state index contributed by atoms with van der Waals surface area (Å²) in [6, 6.07) is 8.36. The maximum atomic E-state index is 5.72. The van der Waals surface area contributed by atoms with Crippen LogP contribution in [0.5, 0.6) is 0 Å². The van der Waals surface area contributed by atoms with E-state index >= 15 is 0 Å². The third-order valence-electron chi connectivity index (χ3n) is 3.20. The van der Waals surface area contributed by atoms with Crippen molar-refractivity contribution in [3.8, 4) is 11.5 Å². The fourth-order valence-corrected chi connectivity index (χ4v) is 4.03. The summed E-state index contributed by atoms with van der Waals surface area (Å²) in [6.07, 6.45) is 2.45. The van der Waals surface area contributed by atoms with E-state index in [0.717, 1.165) is 19.5 Å². The van der Waals surface area contributed by atoms with Crippen LogP contribution in [0, 0.1) is 0 Å². The molecule has 4 rings (SSSR count). The molecule has 3 aromatic rings. The molecular weight excluding hydrogens is 398 g/mol. The second-order valence-electron chi connectivity index (χ2n) is 5.06. The highest BCUT2D eigenvalue weighted by molar-refractivity contribution is 9.10. The van der Waals surface area contributed by atoms with Crippen LogP contribution in [0.25, 0.3) is 11.5 Å². The standard InChI is InChI=1S/C14H12BrN5OS2/c15-10-4-2-1-3-9(10)12-18-17-11(21-12)7-22-14-20-19-13(23-14)16-8-5-6-8/h1-4,8H,5-7H2,(H,16,19). The molecule has 1 aliphatic carbocycles. The molecule has 118 valence electrons. The third kappa shape index (κ3) is 3.73. The van der Waals surface area contributed by atoms with Crippen molar-refractivity contribution in [3.05, 3.63) is 34.6 Å². The summed E-state index contributed by atoms with van der Waals surface area (Å²) in [7, 11) is 0. The Kier molecular flexibility index (Phi) is 4.32. The third-order valence-corrected chi connectivity index (χ3v) is 5.87. The number of thioether (sulfide) groups is 1. The number of benzene rings is 1. The van der Waals surface area contributed by atoms with Gasteiger partial charge in [-0.15, -0.1) is 20.4 Å². The molecule has 1 aromatic carbocycles. The number of anilines is 1. The normalized spacial score (nSPS) is 14.1. The summed E-state index contributed by atoms with van der Waals surface area (Å²) >= 11 is 6.60. The maximum Gasteiger partial charge on any atom is 0.248 e. The number of hydrogen-bond acceptors (Lipinski definition) is 8. The number of nitrogens with one attached hydrogen (secondary N) is 1. The van der Waals surface area contributed by atoms with Gasteiger partial charge in [-0.05, 0) is 40.9 Å². The minimum atomic E-state index is 0.515. The molecule has 0 bridgehead atoms. The molecular formula is C14H12BrN5OS2. The van der Waals surface area contributed by atoms with Gasteiger partial charge in [-0.25, -0.2) is 0 Å². The lowest BCUT2D eigenvalue weighted by Crippen LogP contribution is -1.99. The Morgan fingerprint density at radius 2 is 2.09 bits per heavy atom. The van der Waals surface area contributed by atoms with Crippen molar-refractivity contribution in [2.75, 3.05) is 5.32 Å². The molecule has 9 heteroatoms. The Balaban J connectivity index is 1.39. The van der Waals surface area contributed by atoms with Crippen molar-refractivity contribution in [1.29, 1.82) is 0 Å². The molecule has 0 amide bonds. The molecule has 23 heavy (non-hydrogen) atoms. The molecule has 0 radical (unpaired) electrons. The Bertz CT molecular complexity index is 817. The van der Waals surface area contributed by atoms with Gasteiger partial charge >= 0.3 is 0 Å². The van der Waals surface area contributed by atoms with Gasteiger partial charge in [0.15, 0.2) is 4.34 Å². The van der Waals surface area contributed by atoms with Gasteiger partial charge in [0.25, 0.3) is 0 Å². The zero-order valence-electron chi connectivity index (χ0n) is 11.9. The fraction of sp³-hybridized carbons (Fsp3) is 0.286. The predicted molar refractivity (Wildman–Crippen MR) is 93.5 cm³/mol. The molecule has 1 fully saturated rings. The van der Waals surface area contributed by atoms with Crippen LogP contribution in [0.1, 0.15) is 18.7 Å². The molecule has 6 nitrogen and oxygen atoms in total. The molecule has 2 heterocycles. The number of hydrogen-bond donors (Lipinski definition) is 1. The van der Waals surface area contributed by atoms with Crippen molar-refractivity contribution >= 4 is 44.2 Å². The zero-order chi connectivity index (χ0) is 15.6. The highest BCUT2D eigenvalue weighted by atomic mass is 79.9. The van der Waals surface area contributed by atoms with E-state index in [1.54, 1.807) is 23.1 Å². The molecule has 1 aliphatic rings. The fourth-order valence-electron chi connectivity index (χ4n) is 1.91. The van der Waals surface area contributed by atoms with Gasteiger partial charge in [-0.1, -0.05) is 35.2 Å². The summed E-state index contributed by atoms with van der Waals surface area (Å²) in [6.45, 7) is 0. The Hall–Kier alpha value is -1.45. The van der Waals surface area contributed by atoms with Crippen LogP contribution in [0.2, 0.25) is 0 Å². The Morgan fingerprint density at radius 3 is 2.91 bits per heavy atom. The molecule has 2 aromatic heterocycles. The van der Waals surface area contributed by atoms with Gasteiger partial charge in [0.1, 0.15) is 0 Å². The zero-order valence-corrected chi connectivity index (χ0v) is 15.1. The minimum Gasteiger partial charge on any atom is -0.420 e. The van der Waals surface area contributed by atoms with Crippen molar-refractivity contribution < 1.29 is 4.42 Å². The summed E-state index contributed by atoms with van der Waals surface area (Å²) < 4.78 is 7.55. The van der Waals surface area contributed by atoms with Gasteiger partial charge in [-0.2, -0.15) is 0 Å². The lowest BCUT2D eigenvalue weighted by atomic mass is 10.2. The van der Waals surface area contributed by atoms with Crippen LogP contribution in [0.4, 0.5) is 5.13 Å². The van der Waals surface area contributed by atoms with Gasteiger partial charge in [0.05, 0.1) is 11.3 Å². The summed E-state index contributed by atoms with van der Waals surface area (Å²) in [5.74, 6) is 1.67. The number of aromatic nitrogens is 4. The first-order chi connectivity index (χ1) is 11.3. The highest BCUT2D eigenvalue weighted by Gasteiger charge is 2.22. The van der Waals surface area contributed by atoms with Crippen LogP contribution in [0.15, 0.2) is 37.5 Å². The molecule has 0 atom stereocenters. The average molecular weight is 410 g/mol. The van der Waals surface area contributed by atoms with Crippen LogP contribution in [0.3, 0.4) is 0 Å². The first-order valence-electron chi connectivity index (χ1n) is 7.08. The largest absolute Gasteiger partial charge is 0.420 e. The lowest BCUT2D eigenvalue weighted by molar-refractivity contribution is 0.528. The van der Waals surface area contributed by atoms with E-state index in [9.17, 15) is 0 Å². The maximum absolute atomic E-state index is 5.72. The molecule has 1 N–H and O–H groups in total. The second kappa shape index (κ2) is 6.58. The highest BCUT2D eigenvalue weighted by Crippen LogP contribution is 2.32. The predicted octanol–water partition coefficient (Wildman–Crippen LogP) is 4.22. The van der Waals surface area contributed by atoms with E-state index in [4.69, 9.17) is 4.42 Å². The number of halogens is 1. The van der Waals surface area contributed by atoms with Crippen LogP contribution >= 0.6 is 39.0 Å². The first-order valence-corrected chi connectivity index (χ1v) is 9.67. The number of rotatable bonds is 6.